The molecule has 0 unspecified atom stereocenters. The van der Waals surface area contributed by atoms with Gasteiger partial charge in [-0.1, -0.05) is 43.7 Å². The molecule has 2 heterocycles. The fourth-order valence-corrected chi connectivity index (χ4v) is 3.57. The topological polar surface area (TPSA) is 48.0 Å². The van der Waals surface area contributed by atoms with E-state index in [4.69, 9.17) is 14.2 Å². The number of carbonyl (C=O) groups excluding carboxylic acids is 1. The van der Waals surface area contributed by atoms with Gasteiger partial charge in [-0.2, -0.15) is 0 Å². The minimum atomic E-state index is -1.28. The van der Waals surface area contributed by atoms with Crippen LogP contribution in [0.1, 0.15) is 37.3 Å². The number of amides is 1. The van der Waals surface area contributed by atoms with Gasteiger partial charge in [0.1, 0.15) is 5.75 Å². The van der Waals surface area contributed by atoms with Gasteiger partial charge in [-0.3, -0.25) is 4.79 Å². The number of hydrogen-bond acceptors (Lipinski definition) is 4. The summed E-state index contributed by atoms with van der Waals surface area (Å²) < 4.78 is 17.5. The average molecular weight is 367 g/mol. The van der Waals surface area contributed by atoms with Gasteiger partial charge in [0.05, 0.1) is 32.1 Å². The second kappa shape index (κ2) is 7.71. The van der Waals surface area contributed by atoms with Crippen LogP contribution >= 0.6 is 0 Å². The second-order valence-electron chi connectivity index (χ2n) is 6.92. The van der Waals surface area contributed by atoms with Crippen LogP contribution in [0.3, 0.4) is 0 Å². The lowest BCUT2D eigenvalue weighted by Crippen LogP contribution is -2.47. The van der Waals surface area contributed by atoms with E-state index in [1.165, 1.54) is 0 Å². The fourth-order valence-electron chi connectivity index (χ4n) is 3.57. The van der Waals surface area contributed by atoms with Crippen LogP contribution in [0.15, 0.2) is 48.5 Å². The van der Waals surface area contributed by atoms with Gasteiger partial charge >= 0.3 is 0 Å². The van der Waals surface area contributed by atoms with Gasteiger partial charge in [0.25, 0.3) is 11.7 Å². The van der Waals surface area contributed by atoms with E-state index in [0.29, 0.717) is 19.8 Å². The van der Waals surface area contributed by atoms with Gasteiger partial charge in [0, 0.05) is 5.56 Å². The number of nitrogens with zero attached hydrogens (tertiary/aromatic N) is 1. The number of ether oxygens (including phenoxy) is 3. The largest absolute Gasteiger partial charge is 0.494 e. The van der Waals surface area contributed by atoms with E-state index in [2.05, 4.69) is 6.92 Å². The molecule has 0 N–H and O–H groups in total. The zero-order valence-electron chi connectivity index (χ0n) is 15.6. The van der Waals surface area contributed by atoms with Crippen LogP contribution in [0, 0.1) is 0 Å². The van der Waals surface area contributed by atoms with E-state index in [-0.39, 0.29) is 5.91 Å². The number of unbranched alkanes of at least 4 members (excludes halogenated alkanes) is 1. The van der Waals surface area contributed by atoms with E-state index in [9.17, 15) is 4.79 Å². The number of benzene rings is 2. The molecule has 0 saturated carbocycles. The lowest BCUT2D eigenvalue weighted by atomic mass is 10.1. The molecule has 4 rings (SSSR count). The zero-order chi connectivity index (χ0) is 18.7. The number of carbonyl (C=O) groups is 1. The van der Waals surface area contributed by atoms with Crippen LogP contribution in [-0.2, 0) is 26.6 Å². The Bertz CT molecular complexity index is 796. The first-order valence-corrected chi connectivity index (χ1v) is 9.66. The Morgan fingerprint density at radius 3 is 2.56 bits per heavy atom. The molecule has 0 bridgehead atoms. The lowest BCUT2D eigenvalue weighted by Gasteiger charge is -2.32. The summed E-state index contributed by atoms with van der Waals surface area (Å²) in [5.74, 6) is -0.569. The molecule has 2 aromatic carbocycles. The molecular formula is C22H25NO4. The Hall–Kier alpha value is -2.37. The Labute approximate surface area is 159 Å². The molecule has 5 heteroatoms. The maximum atomic E-state index is 13.2. The summed E-state index contributed by atoms with van der Waals surface area (Å²) in [6.45, 7) is 4.39. The molecule has 1 amide bonds. The van der Waals surface area contributed by atoms with Crippen molar-refractivity contribution in [3.63, 3.8) is 0 Å². The summed E-state index contributed by atoms with van der Waals surface area (Å²) in [4.78, 5) is 15.0. The third kappa shape index (κ3) is 3.33. The van der Waals surface area contributed by atoms with Crippen molar-refractivity contribution in [1.29, 1.82) is 0 Å². The molecule has 2 aliphatic rings. The first kappa shape index (κ1) is 18.0. The first-order chi connectivity index (χ1) is 13.2. The van der Waals surface area contributed by atoms with E-state index in [1.54, 1.807) is 4.90 Å². The summed E-state index contributed by atoms with van der Waals surface area (Å²) in [5.41, 5.74) is 2.69. The van der Waals surface area contributed by atoms with Crippen molar-refractivity contribution < 1.29 is 19.0 Å². The lowest BCUT2D eigenvalue weighted by molar-refractivity contribution is -0.256. The van der Waals surface area contributed by atoms with Crippen molar-refractivity contribution in [1.82, 2.24) is 0 Å². The molecular weight excluding hydrogens is 342 g/mol. The Kier molecular flexibility index (Phi) is 5.14. The van der Waals surface area contributed by atoms with Crippen molar-refractivity contribution in [3.8, 4) is 5.75 Å². The van der Waals surface area contributed by atoms with E-state index < -0.39 is 5.79 Å². The van der Waals surface area contributed by atoms with Gasteiger partial charge in [-0.05, 0) is 36.6 Å². The smallest absolute Gasteiger partial charge is 0.292 e. The first-order valence-electron chi connectivity index (χ1n) is 9.66. The van der Waals surface area contributed by atoms with Crippen LogP contribution in [0.25, 0.3) is 0 Å². The minimum absolute atomic E-state index is 0.147. The Morgan fingerprint density at radius 2 is 1.81 bits per heavy atom. The highest BCUT2D eigenvalue weighted by molar-refractivity contribution is 6.06. The molecule has 2 aliphatic heterocycles. The molecule has 27 heavy (non-hydrogen) atoms. The average Bonchev–Trinajstić information content (AvgIpc) is 2.93. The normalized spacial score (nSPS) is 18.0. The van der Waals surface area contributed by atoms with Crippen molar-refractivity contribution in [2.75, 3.05) is 24.7 Å². The second-order valence-corrected chi connectivity index (χ2v) is 6.92. The Morgan fingerprint density at radius 1 is 1.07 bits per heavy atom. The third-order valence-electron chi connectivity index (χ3n) is 5.01. The number of fused-ring (bicyclic) bond motifs is 2. The zero-order valence-corrected chi connectivity index (χ0v) is 15.6. The van der Waals surface area contributed by atoms with Crippen LogP contribution in [-0.4, -0.2) is 25.7 Å². The van der Waals surface area contributed by atoms with Gasteiger partial charge < -0.3 is 19.1 Å². The standard InChI is InChI=1S/C22H25NO4/c1-2-3-13-25-18-11-9-17(10-12-18)16-23-20-8-5-4-7-19(20)22(21(23)24)26-14-6-15-27-22/h4-5,7-12H,2-3,6,13-16H2,1H3. The molecule has 0 aliphatic carbocycles. The van der Waals surface area contributed by atoms with E-state index in [1.807, 2.05) is 48.5 Å². The van der Waals surface area contributed by atoms with Crippen molar-refractivity contribution in [3.05, 3.63) is 59.7 Å². The molecule has 142 valence electrons. The number of rotatable bonds is 6. The van der Waals surface area contributed by atoms with Crippen molar-refractivity contribution in [2.45, 2.75) is 38.5 Å². The molecule has 2 aromatic rings. The highest BCUT2D eigenvalue weighted by atomic mass is 16.7. The Balaban J connectivity index is 1.54. The van der Waals surface area contributed by atoms with Gasteiger partial charge in [0.15, 0.2) is 0 Å². The van der Waals surface area contributed by atoms with Crippen molar-refractivity contribution in [2.24, 2.45) is 0 Å². The van der Waals surface area contributed by atoms with E-state index >= 15 is 0 Å². The molecule has 1 spiro atoms. The molecule has 0 atom stereocenters. The molecule has 1 saturated heterocycles. The molecule has 0 radical (unpaired) electrons. The highest BCUT2D eigenvalue weighted by Crippen LogP contribution is 2.45. The molecule has 0 aromatic heterocycles. The summed E-state index contributed by atoms with van der Waals surface area (Å²) in [6, 6.07) is 15.7. The summed E-state index contributed by atoms with van der Waals surface area (Å²) in [7, 11) is 0. The highest BCUT2D eigenvalue weighted by Gasteiger charge is 2.54. The minimum Gasteiger partial charge on any atom is -0.494 e. The fraction of sp³-hybridized carbons (Fsp3) is 0.409. The quantitative estimate of drug-likeness (QED) is 0.724. The van der Waals surface area contributed by atoms with Crippen molar-refractivity contribution >= 4 is 11.6 Å². The number of para-hydroxylation sites is 1. The summed E-state index contributed by atoms with van der Waals surface area (Å²) >= 11 is 0. The predicted octanol–water partition coefficient (Wildman–Crippen LogP) is 4.00. The monoisotopic (exact) mass is 367 g/mol. The van der Waals surface area contributed by atoms with Crippen LogP contribution in [0.4, 0.5) is 5.69 Å². The van der Waals surface area contributed by atoms with Gasteiger partial charge in [-0.25, -0.2) is 0 Å². The summed E-state index contributed by atoms with van der Waals surface area (Å²) in [6.07, 6.45) is 2.96. The van der Waals surface area contributed by atoms with Crippen LogP contribution in [0.5, 0.6) is 5.75 Å². The molecule has 5 nitrogen and oxygen atoms in total. The maximum absolute atomic E-state index is 13.2. The SMILES string of the molecule is CCCCOc1ccc(CN2C(=O)C3(OCCCO3)c3ccccc32)cc1. The van der Waals surface area contributed by atoms with E-state index in [0.717, 1.165) is 48.4 Å². The molecule has 1 fully saturated rings. The van der Waals surface area contributed by atoms with Gasteiger partial charge in [-0.15, -0.1) is 0 Å². The summed E-state index contributed by atoms with van der Waals surface area (Å²) in [5, 5.41) is 0. The van der Waals surface area contributed by atoms with Crippen LogP contribution < -0.4 is 9.64 Å². The number of anilines is 1. The maximum Gasteiger partial charge on any atom is 0.292 e. The van der Waals surface area contributed by atoms with Crippen LogP contribution in [0.2, 0.25) is 0 Å². The van der Waals surface area contributed by atoms with Gasteiger partial charge in [0.2, 0.25) is 0 Å². The third-order valence-corrected chi connectivity index (χ3v) is 5.01. The predicted molar refractivity (Wildman–Crippen MR) is 103 cm³/mol. The number of hydrogen-bond donors (Lipinski definition) is 0.